The van der Waals surface area contributed by atoms with Crippen molar-refractivity contribution >= 4 is 0 Å². The van der Waals surface area contributed by atoms with Crippen LogP contribution in [0.1, 0.15) is 24.4 Å². The molecule has 19 heavy (non-hydrogen) atoms. The quantitative estimate of drug-likeness (QED) is 0.884. The van der Waals surface area contributed by atoms with E-state index >= 15 is 0 Å². The number of hydrogen-bond donors (Lipinski definition) is 1. The number of rotatable bonds is 5. The first-order chi connectivity index (χ1) is 9.11. The molecule has 0 amide bonds. The second kappa shape index (κ2) is 5.71. The summed E-state index contributed by atoms with van der Waals surface area (Å²) in [4.78, 5) is 0. The number of benzene rings is 1. The minimum absolute atomic E-state index is 0.281. The molecule has 0 aliphatic rings. The summed E-state index contributed by atoms with van der Waals surface area (Å²) in [7, 11) is 3.43. The molecule has 0 radical (unpaired) electrons. The standard InChI is InChI=1S/C13H17N3O3/c1-9(17)11-5-4-10(18-3)6-12(11)19-7-13-15-14-8-16(13)2/h4-6,8-9,17H,7H2,1-3H3/t9-/m0/s1. The Morgan fingerprint density at radius 1 is 1.42 bits per heavy atom. The SMILES string of the molecule is COc1ccc([C@H](C)O)c(OCc2nncn2C)c1. The lowest BCUT2D eigenvalue weighted by Gasteiger charge is -2.14. The van der Waals surface area contributed by atoms with Crippen molar-refractivity contribution in [1.82, 2.24) is 14.8 Å². The molecule has 0 aliphatic heterocycles. The predicted molar refractivity (Wildman–Crippen MR) is 69.0 cm³/mol. The van der Waals surface area contributed by atoms with E-state index in [2.05, 4.69) is 10.2 Å². The van der Waals surface area contributed by atoms with Gasteiger partial charge >= 0.3 is 0 Å². The van der Waals surface area contributed by atoms with E-state index in [1.807, 2.05) is 7.05 Å². The molecule has 0 saturated heterocycles. The fraction of sp³-hybridized carbons (Fsp3) is 0.385. The summed E-state index contributed by atoms with van der Waals surface area (Å²) in [5.41, 5.74) is 0.711. The van der Waals surface area contributed by atoms with Gasteiger partial charge in [-0.15, -0.1) is 10.2 Å². The van der Waals surface area contributed by atoms with E-state index in [-0.39, 0.29) is 6.61 Å². The third kappa shape index (κ3) is 3.03. The van der Waals surface area contributed by atoms with Crippen molar-refractivity contribution in [1.29, 1.82) is 0 Å². The van der Waals surface area contributed by atoms with Crippen LogP contribution in [0.4, 0.5) is 0 Å². The van der Waals surface area contributed by atoms with Gasteiger partial charge in [0, 0.05) is 18.7 Å². The molecule has 102 valence electrons. The third-order valence-electron chi connectivity index (χ3n) is 2.83. The molecular formula is C13H17N3O3. The first kappa shape index (κ1) is 13.4. The average Bonchev–Trinajstić information content (AvgIpc) is 2.81. The van der Waals surface area contributed by atoms with Gasteiger partial charge in [-0.1, -0.05) is 0 Å². The van der Waals surface area contributed by atoms with Crippen LogP contribution in [-0.4, -0.2) is 27.0 Å². The third-order valence-corrected chi connectivity index (χ3v) is 2.83. The molecule has 0 aliphatic carbocycles. The van der Waals surface area contributed by atoms with Gasteiger partial charge in [-0.05, 0) is 19.1 Å². The Bertz CT molecular complexity index is 552. The molecular weight excluding hydrogens is 246 g/mol. The normalized spacial score (nSPS) is 12.2. The van der Waals surface area contributed by atoms with Crippen LogP contribution < -0.4 is 9.47 Å². The van der Waals surface area contributed by atoms with Gasteiger partial charge in [0.1, 0.15) is 24.4 Å². The first-order valence-corrected chi connectivity index (χ1v) is 5.93. The number of nitrogens with zero attached hydrogens (tertiary/aromatic N) is 3. The molecule has 0 bridgehead atoms. The molecule has 0 spiro atoms. The lowest BCUT2D eigenvalue weighted by atomic mass is 10.1. The minimum atomic E-state index is -0.611. The van der Waals surface area contributed by atoms with Crippen LogP contribution in [0.15, 0.2) is 24.5 Å². The molecule has 6 heteroatoms. The Hall–Kier alpha value is -2.08. The monoisotopic (exact) mass is 263 g/mol. The summed E-state index contributed by atoms with van der Waals surface area (Å²) in [5.74, 6) is 1.97. The number of hydrogen-bond acceptors (Lipinski definition) is 5. The number of aliphatic hydroxyl groups is 1. The van der Waals surface area contributed by atoms with Gasteiger partial charge in [-0.25, -0.2) is 0 Å². The summed E-state index contributed by atoms with van der Waals surface area (Å²) < 4.78 is 12.6. The second-order valence-corrected chi connectivity index (χ2v) is 4.23. The fourth-order valence-electron chi connectivity index (χ4n) is 1.69. The Balaban J connectivity index is 2.20. The van der Waals surface area contributed by atoms with Crippen molar-refractivity contribution in [2.75, 3.05) is 7.11 Å². The van der Waals surface area contributed by atoms with Gasteiger partial charge in [-0.2, -0.15) is 0 Å². The molecule has 0 unspecified atom stereocenters. The smallest absolute Gasteiger partial charge is 0.170 e. The average molecular weight is 263 g/mol. The second-order valence-electron chi connectivity index (χ2n) is 4.23. The number of aryl methyl sites for hydroxylation is 1. The van der Waals surface area contributed by atoms with Gasteiger partial charge in [0.05, 0.1) is 13.2 Å². The van der Waals surface area contributed by atoms with E-state index in [4.69, 9.17) is 9.47 Å². The van der Waals surface area contributed by atoms with Crippen molar-refractivity contribution in [2.45, 2.75) is 19.6 Å². The minimum Gasteiger partial charge on any atom is -0.497 e. The highest BCUT2D eigenvalue weighted by atomic mass is 16.5. The topological polar surface area (TPSA) is 69.4 Å². The molecule has 1 aromatic carbocycles. The zero-order chi connectivity index (χ0) is 13.8. The lowest BCUT2D eigenvalue weighted by molar-refractivity contribution is 0.189. The Morgan fingerprint density at radius 3 is 2.79 bits per heavy atom. The largest absolute Gasteiger partial charge is 0.497 e. The first-order valence-electron chi connectivity index (χ1n) is 5.93. The van der Waals surface area contributed by atoms with E-state index in [1.54, 1.807) is 43.1 Å². The zero-order valence-corrected chi connectivity index (χ0v) is 11.2. The molecule has 2 rings (SSSR count). The van der Waals surface area contributed by atoms with Crippen molar-refractivity contribution in [2.24, 2.45) is 7.05 Å². The Labute approximate surface area is 111 Å². The highest BCUT2D eigenvalue weighted by molar-refractivity contribution is 5.41. The van der Waals surface area contributed by atoms with Crippen LogP contribution in [-0.2, 0) is 13.7 Å². The van der Waals surface area contributed by atoms with E-state index in [0.29, 0.717) is 22.9 Å². The number of methoxy groups -OCH3 is 1. The highest BCUT2D eigenvalue weighted by Crippen LogP contribution is 2.29. The van der Waals surface area contributed by atoms with Crippen molar-refractivity contribution < 1.29 is 14.6 Å². The summed E-state index contributed by atoms with van der Waals surface area (Å²) in [5, 5.41) is 17.5. The van der Waals surface area contributed by atoms with E-state index < -0.39 is 6.10 Å². The van der Waals surface area contributed by atoms with Crippen LogP contribution in [0, 0.1) is 0 Å². The molecule has 1 aromatic heterocycles. The molecule has 6 nitrogen and oxygen atoms in total. The van der Waals surface area contributed by atoms with Gasteiger partial charge in [0.2, 0.25) is 0 Å². The number of aromatic nitrogens is 3. The van der Waals surface area contributed by atoms with Crippen LogP contribution >= 0.6 is 0 Å². The Morgan fingerprint density at radius 2 is 2.21 bits per heavy atom. The summed E-state index contributed by atoms with van der Waals surface area (Å²) in [6, 6.07) is 5.32. The highest BCUT2D eigenvalue weighted by Gasteiger charge is 2.12. The number of aliphatic hydroxyl groups excluding tert-OH is 1. The van der Waals surface area contributed by atoms with Gasteiger partial charge in [0.25, 0.3) is 0 Å². The Kier molecular flexibility index (Phi) is 4.01. The van der Waals surface area contributed by atoms with Crippen LogP contribution in [0.25, 0.3) is 0 Å². The van der Waals surface area contributed by atoms with E-state index in [0.717, 1.165) is 0 Å². The maximum absolute atomic E-state index is 9.73. The molecule has 0 saturated carbocycles. The van der Waals surface area contributed by atoms with E-state index in [1.165, 1.54) is 0 Å². The maximum Gasteiger partial charge on any atom is 0.170 e. The summed E-state index contributed by atoms with van der Waals surface area (Å²) in [6.07, 6.45) is 1.00. The predicted octanol–water partition coefficient (Wildman–Crippen LogP) is 1.46. The fourth-order valence-corrected chi connectivity index (χ4v) is 1.69. The van der Waals surface area contributed by atoms with Crippen molar-refractivity contribution in [3.8, 4) is 11.5 Å². The summed E-state index contributed by atoms with van der Waals surface area (Å²) >= 11 is 0. The molecule has 1 heterocycles. The van der Waals surface area contributed by atoms with Gasteiger partial charge < -0.3 is 19.1 Å². The van der Waals surface area contributed by atoms with Crippen molar-refractivity contribution in [3.05, 3.63) is 35.9 Å². The van der Waals surface area contributed by atoms with Gasteiger partial charge in [-0.3, -0.25) is 0 Å². The van der Waals surface area contributed by atoms with Crippen LogP contribution in [0.5, 0.6) is 11.5 Å². The molecule has 1 atom stereocenters. The van der Waals surface area contributed by atoms with Crippen LogP contribution in [0.3, 0.4) is 0 Å². The van der Waals surface area contributed by atoms with Crippen LogP contribution in [0.2, 0.25) is 0 Å². The molecule has 1 N–H and O–H groups in total. The van der Waals surface area contributed by atoms with Gasteiger partial charge in [0.15, 0.2) is 5.82 Å². The lowest BCUT2D eigenvalue weighted by Crippen LogP contribution is -2.05. The van der Waals surface area contributed by atoms with Crippen molar-refractivity contribution in [3.63, 3.8) is 0 Å². The molecule has 0 fully saturated rings. The zero-order valence-electron chi connectivity index (χ0n) is 11.2. The number of ether oxygens (including phenoxy) is 2. The molecule has 2 aromatic rings. The summed E-state index contributed by atoms with van der Waals surface area (Å²) in [6.45, 7) is 1.97. The maximum atomic E-state index is 9.73. The van der Waals surface area contributed by atoms with E-state index in [9.17, 15) is 5.11 Å².